The summed E-state index contributed by atoms with van der Waals surface area (Å²) in [5, 5.41) is 11.7. The molecule has 1 fully saturated rings. The van der Waals surface area contributed by atoms with Crippen molar-refractivity contribution in [2.75, 3.05) is 0 Å². The lowest BCUT2D eigenvalue weighted by atomic mass is 10.0. The van der Waals surface area contributed by atoms with Gasteiger partial charge in [0, 0.05) is 11.5 Å². The second-order valence-corrected chi connectivity index (χ2v) is 7.02. The lowest BCUT2D eigenvalue weighted by molar-refractivity contribution is -0.366. The maximum atomic E-state index is 11.7. The van der Waals surface area contributed by atoms with Crippen molar-refractivity contribution in [2.45, 2.75) is 46.1 Å². The van der Waals surface area contributed by atoms with E-state index in [9.17, 15) is 5.11 Å². The number of allylic oxidation sites excluding steroid dienone is 1. The standard InChI is InChI=1S/C18H24O2/c1-12-16(18(12,5)6)14-9-7-13(8-10-14)11-15(19)20-17(2,3)4/h7-11,16,19H,1H2,2-6H3/p-1/b15-11+. The molecule has 1 saturated carbocycles. The molecule has 1 aromatic rings. The molecule has 0 spiro atoms. The summed E-state index contributed by atoms with van der Waals surface area (Å²) >= 11 is 0. The molecule has 0 amide bonds. The van der Waals surface area contributed by atoms with Crippen molar-refractivity contribution in [1.29, 1.82) is 0 Å². The van der Waals surface area contributed by atoms with E-state index in [1.807, 2.05) is 32.9 Å². The summed E-state index contributed by atoms with van der Waals surface area (Å²) in [4.78, 5) is 0. The molecule has 0 heterocycles. The topological polar surface area (TPSA) is 32.3 Å². The van der Waals surface area contributed by atoms with Crippen molar-refractivity contribution in [3.8, 4) is 0 Å². The molecule has 20 heavy (non-hydrogen) atoms. The van der Waals surface area contributed by atoms with Gasteiger partial charge in [-0.1, -0.05) is 71.0 Å². The molecular weight excluding hydrogens is 248 g/mol. The third-order valence-electron chi connectivity index (χ3n) is 3.78. The zero-order valence-corrected chi connectivity index (χ0v) is 13.0. The predicted molar refractivity (Wildman–Crippen MR) is 80.9 cm³/mol. The van der Waals surface area contributed by atoms with Gasteiger partial charge in [0.05, 0.1) is 5.95 Å². The van der Waals surface area contributed by atoms with Crippen LogP contribution in [0.15, 0.2) is 42.4 Å². The van der Waals surface area contributed by atoms with Gasteiger partial charge in [0.25, 0.3) is 0 Å². The first-order valence-electron chi connectivity index (χ1n) is 6.98. The Hall–Kier alpha value is -1.70. The third kappa shape index (κ3) is 3.06. The van der Waals surface area contributed by atoms with Crippen LogP contribution in [0.3, 0.4) is 0 Å². The van der Waals surface area contributed by atoms with E-state index >= 15 is 0 Å². The van der Waals surface area contributed by atoms with Crippen LogP contribution in [0.1, 0.15) is 51.7 Å². The third-order valence-corrected chi connectivity index (χ3v) is 3.78. The van der Waals surface area contributed by atoms with Gasteiger partial charge < -0.3 is 9.84 Å². The van der Waals surface area contributed by atoms with Gasteiger partial charge in [0.1, 0.15) is 0 Å². The maximum absolute atomic E-state index is 11.7. The van der Waals surface area contributed by atoms with Gasteiger partial charge in [-0.3, -0.25) is 0 Å². The fourth-order valence-corrected chi connectivity index (χ4v) is 2.51. The number of hydrogen-bond acceptors (Lipinski definition) is 2. The highest BCUT2D eigenvalue weighted by Crippen LogP contribution is 2.62. The van der Waals surface area contributed by atoms with Crippen LogP contribution in [0.5, 0.6) is 0 Å². The molecule has 108 valence electrons. The van der Waals surface area contributed by atoms with Gasteiger partial charge in [-0.25, -0.2) is 0 Å². The summed E-state index contributed by atoms with van der Waals surface area (Å²) < 4.78 is 5.27. The average Bonchev–Trinajstić information content (AvgIpc) is 2.77. The molecule has 1 aliphatic rings. The lowest BCUT2D eigenvalue weighted by Gasteiger charge is -2.30. The van der Waals surface area contributed by atoms with Crippen LogP contribution in [0.2, 0.25) is 0 Å². The number of rotatable bonds is 3. The van der Waals surface area contributed by atoms with Gasteiger partial charge in [-0.2, -0.15) is 0 Å². The van der Waals surface area contributed by atoms with Crippen molar-refractivity contribution >= 4 is 6.08 Å². The molecule has 1 unspecified atom stereocenters. The predicted octanol–water partition coefficient (Wildman–Crippen LogP) is 3.84. The highest BCUT2D eigenvalue weighted by molar-refractivity contribution is 5.54. The summed E-state index contributed by atoms with van der Waals surface area (Å²) in [6, 6.07) is 8.06. The Labute approximate surface area is 121 Å². The van der Waals surface area contributed by atoms with Crippen LogP contribution in [-0.2, 0) is 4.74 Å². The number of ether oxygens (including phenoxy) is 1. The number of hydrogen-bond donors (Lipinski definition) is 0. The zero-order chi connectivity index (χ0) is 15.1. The molecule has 0 aliphatic heterocycles. The Morgan fingerprint density at radius 1 is 1.25 bits per heavy atom. The van der Waals surface area contributed by atoms with E-state index in [2.05, 4.69) is 32.6 Å². The zero-order valence-electron chi connectivity index (χ0n) is 13.0. The maximum Gasteiger partial charge on any atom is 0.0523 e. The van der Waals surface area contributed by atoms with Crippen LogP contribution in [0, 0.1) is 5.41 Å². The minimum Gasteiger partial charge on any atom is -0.608 e. The SMILES string of the molecule is C=C1C(c2ccc(/C=C(\[O-])OC(C)(C)C)cc2)C1(C)C. The Morgan fingerprint density at radius 3 is 2.15 bits per heavy atom. The molecule has 0 radical (unpaired) electrons. The average molecular weight is 271 g/mol. The normalized spacial score (nSPS) is 21.8. The van der Waals surface area contributed by atoms with Gasteiger partial charge in [-0.05, 0) is 22.6 Å². The fraction of sp³-hybridized carbons (Fsp3) is 0.444. The summed E-state index contributed by atoms with van der Waals surface area (Å²) in [7, 11) is 0. The van der Waals surface area contributed by atoms with Crippen LogP contribution in [0.25, 0.3) is 6.08 Å². The Morgan fingerprint density at radius 2 is 1.75 bits per heavy atom. The molecule has 2 heteroatoms. The van der Waals surface area contributed by atoms with Crippen molar-refractivity contribution in [2.24, 2.45) is 5.41 Å². The summed E-state index contributed by atoms with van der Waals surface area (Å²) in [5.41, 5.74) is 3.16. The van der Waals surface area contributed by atoms with E-state index in [1.165, 1.54) is 17.2 Å². The van der Waals surface area contributed by atoms with Gasteiger partial charge >= 0.3 is 0 Å². The first kappa shape index (κ1) is 14.7. The molecule has 1 aromatic carbocycles. The minimum absolute atomic E-state index is 0.205. The van der Waals surface area contributed by atoms with Crippen LogP contribution in [-0.4, -0.2) is 5.60 Å². The Bertz CT molecular complexity index is 542. The van der Waals surface area contributed by atoms with E-state index in [0.29, 0.717) is 5.92 Å². The monoisotopic (exact) mass is 271 g/mol. The van der Waals surface area contributed by atoms with Crippen molar-refractivity contribution < 1.29 is 9.84 Å². The highest BCUT2D eigenvalue weighted by atomic mass is 16.6. The fourth-order valence-electron chi connectivity index (χ4n) is 2.51. The lowest BCUT2D eigenvalue weighted by Crippen LogP contribution is -2.23. The molecule has 2 nitrogen and oxygen atoms in total. The molecule has 2 rings (SSSR count). The molecular formula is C18H23O2-. The van der Waals surface area contributed by atoms with E-state index in [4.69, 9.17) is 4.74 Å². The summed E-state index contributed by atoms with van der Waals surface area (Å²) in [5.74, 6) is 0.138. The molecule has 1 aliphatic carbocycles. The highest BCUT2D eigenvalue weighted by Gasteiger charge is 2.51. The second-order valence-electron chi connectivity index (χ2n) is 7.02. The quantitative estimate of drug-likeness (QED) is 0.618. The Balaban J connectivity index is 2.10. The van der Waals surface area contributed by atoms with E-state index in [0.717, 1.165) is 5.56 Å². The first-order chi connectivity index (χ1) is 9.11. The first-order valence-corrected chi connectivity index (χ1v) is 6.98. The molecule has 0 bridgehead atoms. The Kier molecular flexibility index (Phi) is 3.45. The van der Waals surface area contributed by atoms with E-state index in [1.54, 1.807) is 0 Å². The molecule has 0 saturated heterocycles. The largest absolute Gasteiger partial charge is 0.608 e. The van der Waals surface area contributed by atoms with Crippen molar-refractivity contribution in [3.63, 3.8) is 0 Å². The van der Waals surface area contributed by atoms with Crippen molar-refractivity contribution in [1.82, 2.24) is 0 Å². The number of benzene rings is 1. The van der Waals surface area contributed by atoms with E-state index in [-0.39, 0.29) is 11.4 Å². The van der Waals surface area contributed by atoms with Crippen LogP contribution in [0.4, 0.5) is 0 Å². The van der Waals surface area contributed by atoms with Gasteiger partial charge in [-0.15, -0.1) is 0 Å². The van der Waals surface area contributed by atoms with E-state index < -0.39 is 5.60 Å². The van der Waals surface area contributed by atoms with Gasteiger partial charge in [0.15, 0.2) is 0 Å². The molecule has 0 aromatic heterocycles. The molecule has 0 N–H and O–H groups in total. The van der Waals surface area contributed by atoms with Crippen LogP contribution >= 0.6 is 0 Å². The minimum atomic E-state index is -0.455. The van der Waals surface area contributed by atoms with Crippen molar-refractivity contribution in [3.05, 3.63) is 53.5 Å². The second kappa shape index (κ2) is 4.69. The van der Waals surface area contributed by atoms with Crippen LogP contribution < -0.4 is 5.11 Å². The summed E-state index contributed by atoms with van der Waals surface area (Å²) in [6.07, 6.45) is 1.53. The molecule has 1 atom stereocenters. The summed E-state index contributed by atoms with van der Waals surface area (Å²) in [6.45, 7) is 14.1. The van der Waals surface area contributed by atoms with Gasteiger partial charge in [0.2, 0.25) is 0 Å². The smallest absolute Gasteiger partial charge is 0.0523 e.